The quantitative estimate of drug-likeness (QED) is 0.841. The Morgan fingerprint density at radius 1 is 1.44 bits per heavy atom. The molecule has 1 atom stereocenters. The molecule has 2 N–H and O–H groups in total. The van der Waals surface area contributed by atoms with Crippen molar-refractivity contribution in [3.63, 3.8) is 0 Å². The van der Waals surface area contributed by atoms with Gasteiger partial charge in [0.25, 0.3) is 0 Å². The van der Waals surface area contributed by atoms with Gasteiger partial charge >= 0.3 is 0 Å². The van der Waals surface area contributed by atoms with Gasteiger partial charge in [-0.3, -0.25) is 4.90 Å². The summed E-state index contributed by atoms with van der Waals surface area (Å²) < 4.78 is 13.3. The van der Waals surface area contributed by atoms with Crippen molar-refractivity contribution in [2.24, 2.45) is 11.7 Å². The Morgan fingerprint density at radius 3 is 2.67 bits per heavy atom. The van der Waals surface area contributed by atoms with E-state index in [2.05, 4.69) is 11.8 Å². The summed E-state index contributed by atoms with van der Waals surface area (Å²) in [6.07, 6.45) is 2.69. The number of hydrogen-bond acceptors (Lipinski definition) is 2. The molecule has 0 saturated heterocycles. The van der Waals surface area contributed by atoms with Crippen molar-refractivity contribution >= 4 is 0 Å². The highest BCUT2D eigenvalue weighted by Crippen LogP contribution is 2.32. The number of likely N-dealkylation sites (N-methyl/N-ethyl adjacent to an activating group) is 1. The summed E-state index contributed by atoms with van der Waals surface area (Å²) in [5, 5.41) is 0. The monoisotopic (exact) mass is 250 g/mol. The average molecular weight is 250 g/mol. The van der Waals surface area contributed by atoms with Crippen LogP contribution < -0.4 is 5.73 Å². The molecule has 0 amide bonds. The van der Waals surface area contributed by atoms with Crippen LogP contribution in [-0.2, 0) is 0 Å². The summed E-state index contributed by atoms with van der Waals surface area (Å²) >= 11 is 0. The highest BCUT2D eigenvalue weighted by Gasteiger charge is 2.27. The summed E-state index contributed by atoms with van der Waals surface area (Å²) in [4.78, 5) is 2.42. The second kappa shape index (κ2) is 5.81. The van der Waals surface area contributed by atoms with E-state index in [1.165, 1.54) is 12.8 Å². The van der Waals surface area contributed by atoms with Crippen LogP contribution in [0.2, 0.25) is 0 Å². The van der Waals surface area contributed by atoms with E-state index >= 15 is 0 Å². The molecule has 1 aliphatic rings. The lowest BCUT2D eigenvalue weighted by Gasteiger charge is -2.30. The van der Waals surface area contributed by atoms with Crippen LogP contribution in [0.25, 0.3) is 0 Å². The summed E-state index contributed by atoms with van der Waals surface area (Å²) in [7, 11) is 0. The first-order chi connectivity index (χ1) is 8.65. The van der Waals surface area contributed by atoms with Crippen LogP contribution in [0.5, 0.6) is 0 Å². The molecule has 1 saturated carbocycles. The molecular weight excluding hydrogens is 227 g/mol. The van der Waals surface area contributed by atoms with Gasteiger partial charge in [0.2, 0.25) is 0 Å². The van der Waals surface area contributed by atoms with E-state index in [0.29, 0.717) is 12.1 Å². The Kier molecular flexibility index (Phi) is 4.36. The molecule has 1 aliphatic carbocycles. The Hall–Kier alpha value is -0.930. The minimum Gasteiger partial charge on any atom is -0.329 e. The molecule has 0 spiro atoms. The maximum Gasteiger partial charge on any atom is 0.126 e. The van der Waals surface area contributed by atoms with Crippen molar-refractivity contribution in [1.82, 2.24) is 4.90 Å². The summed E-state index contributed by atoms with van der Waals surface area (Å²) in [6.45, 7) is 6.68. The van der Waals surface area contributed by atoms with Gasteiger partial charge < -0.3 is 5.73 Å². The lowest BCUT2D eigenvalue weighted by molar-refractivity contribution is 0.203. The van der Waals surface area contributed by atoms with Gasteiger partial charge in [0.1, 0.15) is 5.82 Å². The lowest BCUT2D eigenvalue weighted by Crippen LogP contribution is -2.35. The lowest BCUT2D eigenvalue weighted by atomic mass is 10.0. The van der Waals surface area contributed by atoms with Crippen molar-refractivity contribution in [3.8, 4) is 0 Å². The number of nitrogens with two attached hydrogens (primary N) is 1. The maximum atomic E-state index is 13.3. The topological polar surface area (TPSA) is 29.3 Å². The Morgan fingerprint density at radius 2 is 2.17 bits per heavy atom. The van der Waals surface area contributed by atoms with Crippen LogP contribution in [0.3, 0.4) is 0 Å². The molecule has 100 valence electrons. The molecule has 2 rings (SSSR count). The number of aryl methyl sites for hydroxylation is 1. The Balaban J connectivity index is 2.16. The second-order valence-corrected chi connectivity index (χ2v) is 5.29. The molecule has 0 bridgehead atoms. The molecule has 3 heteroatoms. The average Bonchev–Trinajstić information content (AvgIpc) is 3.17. The third kappa shape index (κ3) is 3.09. The standard InChI is InChI=1S/C15H23FN2/c1-3-18(10-12-4-5-12)15(9-17)13-6-7-14(16)11(2)8-13/h6-8,12,15H,3-5,9-10,17H2,1-2H3. The molecule has 1 aromatic carbocycles. The first-order valence-corrected chi connectivity index (χ1v) is 6.85. The van der Waals surface area contributed by atoms with E-state index in [1.807, 2.05) is 19.1 Å². The zero-order valence-electron chi connectivity index (χ0n) is 11.3. The van der Waals surface area contributed by atoms with Gasteiger partial charge in [-0.2, -0.15) is 0 Å². The van der Waals surface area contributed by atoms with E-state index in [0.717, 1.165) is 24.6 Å². The molecule has 18 heavy (non-hydrogen) atoms. The van der Waals surface area contributed by atoms with Crippen molar-refractivity contribution < 1.29 is 4.39 Å². The molecule has 1 fully saturated rings. The molecule has 1 unspecified atom stereocenters. The van der Waals surface area contributed by atoms with E-state index in [-0.39, 0.29) is 11.9 Å². The molecule has 0 heterocycles. The number of halogens is 1. The Bertz CT molecular complexity index is 401. The normalized spacial score (nSPS) is 17.2. The molecule has 1 aromatic rings. The van der Waals surface area contributed by atoms with Crippen LogP contribution >= 0.6 is 0 Å². The molecule has 2 nitrogen and oxygen atoms in total. The fourth-order valence-corrected chi connectivity index (χ4v) is 2.48. The minimum atomic E-state index is -0.139. The summed E-state index contributed by atoms with van der Waals surface area (Å²) in [5.74, 6) is 0.709. The van der Waals surface area contributed by atoms with E-state index in [1.54, 1.807) is 6.07 Å². The third-order valence-electron chi connectivity index (χ3n) is 3.83. The van der Waals surface area contributed by atoms with Gasteiger partial charge in [-0.05, 0) is 49.4 Å². The van der Waals surface area contributed by atoms with E-state index < -0.39 is 0 Å². The first kappa shape index (κ1) is 13.5. The van der Waals surface area contributed by atoms with Crippen LogP contribution in [0.1, 0.15) is 36.9 Å². The van der Waals surface area contributed by atoms with Crippen LogP contribution in [0, 0.1) is 18.7 Å². The predicted octanol–water partition coefficient (Wildman–Crippen LogP) is 2.87. The third-order valence-corrected chi connectivity index (χ3v) is 3.83. The number of benzene rings is 1. The predicted molar refractivity (Wildman–Crippen MR) is 72.9 cm³/mol. The first-order valence-electron chi connectivity index (χ1n) is 6.85. The van der Waals surface area contributed by atoms with Gasteiger partial charge in [-0.1, -0.05) is 19.1 Å². The smallest absolute Gasteiger partial charge is 0.126 e. The second-order valence-electron chi connectivity index (χ2n) is 5.29. The van der Waals surface area contributed by atoms with Gasteiger partial charge in [0.15, 0.2) is 0 Å². The van der Waals surface area contributed by atoms with Crippen molar-refractivity contribution in [2.75, 3.05) is 19.6 Å². The Labute approximate surface area is 109 Å². The van der Waals surface area contributed by atoms with Crippen molar-refractivity contribution in [3.05, 3.63) is 35.1 Å². The fraction of sp³-hybridized carbons (Fsp3) is 0.600. The van der Waals surface area contributed by atoms with Crippen molar-refractivity contribution in [1.29, 1.82) is 0 Å². The van der Waals surface area contributed by atoms with Gasteiger partial charge in [0, 0.05) is 19.1 Å². The summed E-state index contributed by atoms with van der Waals surface area (Å²) in [5.41, 5.74) is 7.77. The highest BCUT2D eigenvalue weighted by atomic mass is 19.1. The number of hydrogen-bond donors (Lipinski definition) is 1. The molecule has 0 aliphatic heterocycles. The summed E-state index contributed by atoms with van der Waals surface area (Å²) in [6, 6.07) is 5.57. The zero-order valence-corrected chi connectivity index (χ0v) is 11.3. The van der Waals surface area contributed by atoms with Gasteiger partial charge in [0.05, 0.1) is 0 Å². The zero-order chi connectivity index (χ0) is 13.1. The van der Waals surface area contributed by atoms with Crippen LogP contribution in [0.4, 0.5) is 4.39 Å². The van der Waals surface area contributed by atoms with Gasteiger partial charge in [-0.25, -0.2) is 4.39 Å². The minimum absolute atomic E-state index is 0.139. The largest absolute Gasteiger partial charge is 0.329 e. The van der Waals surface area contributed by atoms with Crippen molar-refractivity contribution in [2.45, 2.75) is 32.7 Å². The molecule has 0 aromatic heterocycles. The fourth-order valence-electron chi connectivity index (χ4n) is 2.48. The number of nitrogens with zero attached hydrogens (tertiary/aromatic N) is 1. The molecule has 0 radical (unpaired) electrons. The van der Waals surface area contributed by atoms with E-state index in [9.17, 15) is 4.39 Å². The number of rotatable bonds is 6. The SMILES string of the molecule is CCN(CC1CC1)C(CN)c1ccc(F)c(C)c1. The van der Waals surface area contributed by atoms with E-state index in [4.69, 9.17) is 5.73 Å². The van der Waals surface area contributed by atoms with Crippen LogP contribution in [-0.4, -0.2) is 24.5 Å². The maximum absolute atomic E-state index is 13.3. The molecular formula is C15H23FN2. The van der Waals surface area contributed by atoms with Crippen LogP contribution in [0.15, 0.2) is 18.2 Å². The van der Waals surface area contributed by atoms with Gasteiger partial charge in [-0.15, -0.1) is 0 Å². The highest BCUT2D eigenvalue weighted by molar-refractivity contribution is 5.27.